The van der Waals surface area contributed by atoms with Crippen LogP contribution in [0.3, 0.4) is 0 Å². The van der Waals surface area contributed by atoms with Crippen LogP contribution in [-0.2, 0) is 4.84 Å². The van der Waals surface area contributed by atoms with Gasteiger partial charge < -0.3 is 0 Å². The number of hydrogen-bond donors (Lipinski definition) is 0. The van der Waals surface area contributed by atoms with Gasteiger partial charge in [0.2, 0.25) is 0 Å². The number of hydrogen-bond acceptors (Lipinski definition) is 2. The highest BCUT2D eigenvalue weighted by Crippen LogP contribution is 2.21. The van der Waals surface area contributed by atoms with E-state index in [0.717, 1.165) is 17.2 Å². The molecule has 0 aromatic heterocycles. The van der Waals surface area contributed by atoms with Crippen LogP contribution >= 0.6 is 11.6 Å². The number of rotatable bonds is 1. The Morgan fingerprint density at radius 2 is 2.12 bits per heavy atom. The largest absolute Gasteiger partial charge is 0.280 e. The third-order valence-corrected chi connectivity index (χ3v) is 2.51. The zero-order chi connectivity index (χ0) is 11.7. The zero-order valence-electron chi connectivity index (χ0n) is 8.17. The SMILES string of the molecule is O=C(c1cc(F)c(Cl)cc1F)N1CCCO1. The van der Waals surface area contributed by atoms with Gasteiger partial charge >= 0.3 is 0 Å². The molecule has 0 bridgehead atoms. The molecule has 1 saturated heterocycles. The number of halogens is 3. The predicted molar refractivity (Wildman–Crippen MR) is 53.0 cm³/mol. The standard InChI is InChI=1S/C10H8ClF2NO2/c11-7-5-8(12)6(4-9(7)13)10(15)14-2-1-3-16-14/h4-5H,1-3H2. The normalized spacial score (nSPS) is 15.6. The maximum atomic E-state index is 13.4. The number of amides is 1. The second-order valence-electron chi connectivity index (χ2n) is 3.34. The first kappa shape index (κ1) is 11.3. The molecular weight excluding hydrogens is 240 g/mol. The van der Waals surface area contributed by atoms with E-state index in [-0.39, 0.29) is 10.6 Å². The molecule has 1 heterocycles. The van der Waals surface area contributed by atoms with Crippen molar-refractivity contribution >= 4 is 17.5 Å². The van der Waals surface area contributed by atoms with E-state index in [4.69, 9.17) is 16.4 Å². The fourth-order valence-electron chi connectivity index (χ4n) is 1.43. The summed E-state index contributed by atoms with van der Waals surface area (Å²) in [5.41, 5.74) is -0.371. The first-order valence-electron chi connectivity index (χ1n) is 4.69. The van der Waals surface area contributed by atoms with Crippen LogP contribution in [0.2, 0.25) is 5.02 Å². The van der Waals surface area contributed by atoms with Crippen molar-refractivity contribution in [3.05, 3.63) is 34.4 Å². The second-order valence-corrected chi connectivity index (χ2v) is 3.75. The molecular formula is C10H8ClF2NO2. The maximum Gasteiger partial charge on any atom is 0.280 e. The highest BCUT2D eigenvalue weighted by Gasteiger charge is 2.24. The Bertz CT molecular complexity index is 433. The molecule has 0 atom stereocenters. The lowest BCUT2D eigenvalue weighted by Crippen LogP contribution is -2.27. The van der Waals surface area contributed by atoms with Crippen LogP contribution in [-0.4, -0.2) is 24.1 Å². The second kappa shape index (κ2) is 4.35. The summed E-state index contributed by atoms with van der Waals surface area (Å²) in [6.07, 6.45) is 0.684. The van der Waals surface area contributed by atoms with Crippen LogP contribution < -0.4 is 0 Å². The van der Waals surface area contributed by atoms with E-state index in [0.29, 0.717) is 19.6 Å². The summed E-state index contributed by atoms with van der Waals surface area (Å²) >= 11 is 5.38. The highest BCUT2D eigenvalue weighted by atomic mass is 35.5. The minimum Gasteiger partial charge on any atom is -0.271 e. The third-order valence-electron chi connectivity index (χ3n) is 2.22. The fraction of sp³-hybridized carbons (Fsp3) is 0.300. The molecule has 1 aromatic carbocycles. The first-order valence-corrected chi connectivity index (χ1v) is 5.06. The smallest absolute Gasteiger partial charge is 0.271 e. The van der Waals surface area contributed by atoms with Crippen LogP contribution in [0.5, 0.6) is 0 Å². The van der Waals surface area contributed by atoms with Gasteiger partial charge in [-0.05, 0) is 18.6 Å². The van der Waals surface area contributed by atoms with E-state index in [2.05, 4.69) is 0 Å². The molecule has 1 fully saturated rings. The summed E-state index contributed by atoms with van der Waals surface area (Å²) in [5.74, 6) is -2.37. The van der Waals surface area contributed by atoms with Crippen molar-refractivity contribution in [3.8, 4) is 0 Å². The van der Waals surface area contributed by atoms with Crippen molar-refractivity contribution in [2.75, 3.05) is 13.2 Å². The van der Waals surface area contributed by atoms with Gasteiger partial charge in [0, 0.05) is 0 Å². The molecule has 1 amide bonds. The molecule has 0 radical (unpaired) electrons. The third kappa shape index (κ3) is 2.01. The van der Waals surface area contributed by atoms with Crippen molar-refractivity contribution in [2.24, 2.45) is 0 Å². The molecule has 2 rings (SSSR count). The van der Waals surface area contributed by atoms with Gasteiger partial charge in [-0.15, -0.1) is 0 Å². The van der Waals surface area contributed by atoms with Crippen LogP contribution in [0.25, 0.3) is 0 Å². The van der Waals surface area contributed by atoms with Gasteiger partial charge in [-0.2, -0.15) is 0 Å². The molecule has 0 unspecified atom stereocenters. The van der Waals surface area contributed by atoms with E-state index in [9.17, 15) is 13.6 Å². The summed E-state index contributed by atoms with van der Waals surface area (Å²) in [7, 11) is 0. The van der Waals surface area contributed by atoms with Crippen molar-refractivity contribution in [1.82, 2.24) is 5.06 Å². The molecule has 1 aliphatic heterocycles. The number of carbonyl (C=O) groups is 1. The Kier molecular flexibility index (Phi) is 3.07. The summed E-state index contributed by atoms with van der Waals surface area (Å²) in [6, 6.07) is 1.56. The molecule has 1 aromatic rings. The fourth-order valence-corrected chi connectivity index (χ4v) is 1.58. The van der Waals surface area contributed by atoms with E-state index in [1.165, 1.54) is 0 Å². The molecule has 0 saturated carbocycles. The lowest BCUT2D eigenvalue weighted by atomic mass is 10.2. The van der Waals surface area contributed by atoms with Crippen molar-refractivity contribution < 1.29 is 18.4 Å². The monoisotopic (exact) mass is 247 g/mol. The molecule has 6 heteroatoms. The van der Waals surface area contributed by atoms with Crippen LogP contribution in [0, 0.1) is 11.6 Å². The van der Waals surface area contributed by atoms with Gasteiger partial charge in [0.1, 0.15) is 11.6 Å². The predicted octanol–water partition coefficient (Wildman–Crippen LogP) is 2.40. The number of hydroxylamine groups is 2. The molecule has 0 spiro atoms. The molecule has 1 aliphatic rings. The minimum absolute atomic E-state index is 0.351. The highest BCUT2D eigenvalue weighted by molar-refractivity contribution is 6.30. The zero-order valence-corrected chi connectivity index (χ0v) is 8.93. The lowest BCUT2D eigenvalue weighted by Gasteiger charge is -2.14. The molecule has 0 aliphatic carbocycles. The maximum absolute atomic E-state index is 13.4. The summed E-state index contributed by atoms with van der Waals surface area (Å²) in [4.78, 5) is 16.6. The minimum atomic E-state index is -0.855. The number of carbonyl (C=O) groups excluding carboxylic acids is 1. The first-order chi connectivity index (χ1) is 7.59. The van der Waals surface area contributed by atoms with Gasteiger partial charge in [-0.1, -0.05) is 11.6 Å². The average Bonchev–Trinajstić information content (AvgIpc) is 2.75. The van der Waals surface area contributed by atoms with Gasteiger partial charge in [-0.25, -0.2) is 13.8 Å². The topological polar surface area (TPSA) is 29.5 Å². The van der Waals surface area contributed by atoms with Crippen LogP contribution in [0.4, 0.5) is 8.78 Å². The molecule has 3 nitrogen and oxygen atoms in total. The molecule has 0 N–H and O–H groups in total. The van der Waals surface area contributed by atoms with E-state index >= 15 is 0 Å². The summed E-state index contributed by atoms with van der Waals surface area (Å²) < 4.78 is 26.5. The van der Waals surface area contributed by atoms with Crippen LogP contribution in [0.15, 0.2) is 12.1 Å². The Balaban J connectivity index is 2.32. The lowest BCUT2D eigenvalue weighted by molar-refractivity contribution is -0.0771. The molecule has 16 heavy (non-hydrogen) atoms. The number of benzene rings is 1. The Morgan fingerprint density at radius 1 is 1.38 bits per heavy atom. The summed E-state index contributed by atoms with van der Waals surface area (Å²) in [5, 5.41) is 0.669. The van der Waals surface area contributed by atoms with E-state index < -0.39 is 17.5 Å². The Morgan fingerprint density at radius 3 is 2.75 bits per heavy atom. The van der Waals surface area contributed by atoms with Gasteiger partial charge in [0.05, 0.1) is 23.7 Å². The average molecular weight is 248 g/mol. The number of nitrogens with zero attached hydrogens (tertiary/aromatic N) is 1. The van der Waals surface area contributed by atoms with Crippen molar-refractivity contribution in [2.45, 2.75) is 6.42 Å². The van der Waals surface area contributed by atoms with Gasteiger partial charge in [0.15, 0.2) is 0 Å². The Labute approximate surface area is 95.5 Å². The van der Waals surface area contributed by atoms with E-state index in [1.54, 1.807) is 0 Å². The van der Waals surface area contributed by atoms with E-state index in [1.807, 2.05) is 0 Å². The van der Waals surface area contributed by atoms with Crippen molar-refractivity contribution in [3.63, 3.8) is 0 Å². The molecule has 86 valence electrons. The van der Waals surface area contributed by atoms with Crippen LogP contribution in [0.1, 0.15) is 16.8 Å². The Hall–Kier alpha value is -1.20. The summed E-state index contributed by atoms with van der Waals surface area (Å²) in [6.45, 7) is 0.784. The van der Waals surface area contributed by atoms with Crippen molar-refractivity contribution in [1.29, 1.82) is 0 Å². The quantitative estimate of drug-likeness (QED) is 0.713. The van der Waals surface area contributed by atoms with Gasteiger partial charge in [0.25, 0.3) is 5.91 Å². The van der Waals surface area contributed by atoms with Gasteiger partial charge in [-0.3, -0.25) is 9.63 Å².